The van der Waals surface area contributed by atoms with Crippen LogP contribution in [0.15, 0.2) is 30.3 Å². The largest absolute Gasteiger partial charge is 0.366 e. The van der Waals surface area contributed by atoms with E-state index in [1.165, 1.54) is 12.1 Å². The maximum absolute atomic E-state index is 12.9. The number of hydrogen-bond donors (Lipinski definition) is 1. The van der Waals surface area contributed by atoms with Crippen LogP contribution in [-0.2, 0) is 6.54 Å². The summed E-state index contributed by atoms with van der Waals surface area (Å²) in [7, 11) is 0. The highest BCUT2D eigenvalue weighted by atomic mass is 19.1. The van der Waals surface area contributed by atoms with Gasteiger partial charge >= 0.3 is 0 Å². The molecule has 2 aromatic rings. The predicted molar refractivity (Wildman–Crippen MR) is 84.1 cm³/mol. The first kappa shape index (κ1) is 15.2. The normalized spacial score (nSPS) is 10.5. The zero-order valence-corrected chi connectivity index (χ0v) is 12.7. The van der Waals surface area contributed by atoms with Gasteiger partial charge in [-0.15, -0.1) is 0 Å². The average Bonchev–Trinajstić information content (AvgIpc) is 2.47. The Morgan fingerprint density at radius 3 is 2.38 bits per heavy atom. The molecule has 0 amide bonds. The molecule has 0 unspecified atom stereocenters. The Labute approximate surface area is 125 Å². The predicted octanol–water partition coefficient (Wildman–Crippen LogP) is 3.38. The van der Waals surface area contributed by atoms with Crippen molar-refractivity contribution in [1.29, 1.82) is 0 Å². The van der Waals surface area contributed by atoms with Gasteiger partial charge in [0.1, 0.15) is 11.6 Å². The summed E-state index contributed by atoms with van der Waals surface area (Å²) in [4.78, 5) is 11.1. The Hall–Kier alpha value is -2.17. The van der Waals surface area contributed by atoms with Gasteiger partial charge in [-0.05, 0) is 38.5 Å². The molecular formula is C16H21FN4. The smallest absolute Gasteiger partial charge is 0.227 e. The summed E-state index contributed by atoms with van der Waals surface area (Å²) in [5, 5.41) is 3.26. The molecule has 112 valence electrons. The molecule has 0 atom stereocenters. The van der Waals surface area contributed by atoms with Gasteiger partial charge < -0.3 is 10.2 Å². The van der Waals surface area contributed by atoms with E-state index in [4.69, 9.17) is 0 Å². The first-order valence-electron chi connectivity index (χ1n) is 7.21. The highest BCUT2D eigenvalue weighted by Crippen LogP contribution is 2.14. The Morgan fingerprint density at radius 1 is 1.10 bits per heavy atom. The quantitative estimate of drug-likeness (QED) is 0.884. The SMILES string of the molecule is CCN(CC)c1nc(C)cc(NCc2ccc(F)cc2)n1. The number of rotatable bonds is 6. The Balaban J connectivity index is 2.10. The molecule has 0 fully saturated rings. The van der Waals surface area contributed by atoms with Gasteiger partial charge in [0.05, 0.1) is 0 Å². The van der Waals surface area contributed by atoms with E-state index in [1.807, 2.05) is 13.0 Å². The van der Waals surface area contributed by atoms with E-state index in [9.17, 15) is 4.39 Å². The maximum Gasteiger partial charge on any atom is 0.227 e. The molecule has 0 aliphatic heterocycles. The van der Waals surface area contributed by atoms with Crippen molar-refractivity contribution in [2.45, 2.75) is 27.3 Å². The summed E-state index contributed by atoms with van der Waals surface area (Å²) in [6, 6.07) is 8.37. The molecule has 1 aromatic heterocycles. The number of nitrogens with zero attached hydrogens (tertiary/aromatic N) is 3. The molecule has 21 heavy (non-hydrogen) atoms. The molecular weight excluding hydrogens is 267 g/mol. The molecule has 1 N–H and O–H groups in total. The second-order valence-electron chi connectivity index (χ2n) is 4.85. The highest BCUT2D eigenvalue weighted by Gasteiger charge is 2.08. The van der Waals surface area contributed by atoms with Crippen LogP contribution in [0.3, 0.4) is 0 Å². The van der Waals surface area contributed by atoms with Gasteiger partial charge in [0.25, 0.3) is 0 Å². The lowest BCUT2D eigenvalue weighted by Gasteiger charge is -2.19. The van der Waals surface area contributed by atoms with Crippen LogP contribution in [0.5, 0.6) is 0 Å². The van der Waals surface area contributed by atoms with Gasteiger partial charge in [-0.3, -0.25) is 0 Å². The van der Waals surface area contributed by atoms with Crippen LogP contribution in [0.2, 0.25) is 0 Å². The van der Waals surface area contributed by atoms with Gasteiger partial charge in [-0.1, -0.05) is 12.1 Å². The third kappa shape index (κ3) is 4.15. The molecule has 5 heteroatoms. The molecule has 4 nitrogen and oxygen atoms in total. The number of benzene rings is 1. The lowest BCUT2D eigenvalue weighted by atomic mass is 10.2. The minimum Gasteiger partial charge on any atom is -0.366 e. The van der Waals surface area contributed by atoms with Gasteiger partial charge in [-0.2, -0.15) is 4.98 Å². The molecule has 0 bridgehead atoms. The van der Waals surface area contributed by atoms with E-state index < -0.39 is 0 Å². The minimum absolute atomic E-state index is 0.222. The fourth-order valence-corrected chi connectivity index (χ4v) is 2.09. The zero-order valence-electron chi connectivity index (χ0n) is 12.7. The molecule has 0 spiro atoms. The second kappa shape index (κ2) is 7.02. The monoisotopic (exact) mass is 288 g/mol. The van der Waals surface area contributed by atoms with Crippen molar-refractivity contribution in [3.05, 3.63) is 47.4 Å². The van der Waals surface area contributed by atoms with Crippen molar-refractivity contribution < 1.29 is 4.39 Å². The van der Waals surface area contributed by atoms with Crippen LogP contribution >= 0.6 is 0 Å². The third-order valence-electron chi connectivity index (χ3n) is 3.28. The fraction of sp³-hybridized carbons (Fsp3) is 0.375. The Kier molecular flexibility index (Phi) is 5.09. The highest BCUT2D eigenvalue weighted by molar-refractivity contribution is 5.44. The number of anilines is 2. The van der Waals surface area contributed by atoms with Crippen molar-refractivity contribution in [3.8, 4) is 0 Å². The maximum atomic E-state index is 12.9. The third-order valence-corrected chi connectivity index (χ3v) is 3.28. The molecule has 1 heterocycles. The summed E-state index contributed by atoms with van der Waals surface area (Å²) < 4.78 is 12.9. The van der Waals surface area contributed by atoms with E-state index in [0.717, 1.165) is 36.1 Å². The van der Waals surface area contributed by atoms with Gasteiger partial charge in [0.15, 0.2) is 0 Å². The molecule has 0 saturated carbocycles. The van der Waals surface area contributed by atoms with Crippen molar-refractivity contribution in [2.75, 3.05) is 23.3 Å². The number of aryl methyl sites for hydroxylation is 1. The van der Waals surface area contributed by atoms with Gasteiger partial charge in [-0.25, -0.2) is 9.37 Å². The summed E-state index contributed by atoms with van der Waals surface area (Å²) in [6.07, 6.45) is 0. The summed E-state index contributed by atoms with van der Waals surface area (Å²) in [6.45, 7) is 8.47. The molecule has 2 rings (SSSR count). The lowest BCUT2D eigenvalue weighted by Crippen LogP contribution is -2.24. The number of nitrogens with one attached hydrogen (secondary N) is 1. The Morgan fingerprint density at radius 2 is 1.76 bits per heavy atom. The summed E-state index contributed by atoms with van der Waals surface area (Å²) >= 11 is 0. The first-order valence-corrected chi connectivity index (χ1v) is 7.21. The molecule has 0 radical (unpaired) electrons. The number of halogens is 1. The minimum atomic E-state index is -0.222. The van der Waals surface area contributed by atoms with Gasteiger partial charge in [0, 0.05) is 31.4 Å². The number of aromatic nitrogens is 2. The van der Waals surface area contributed by atoms with E-state index >= 15 is 0 Å². The average molecular weight is 288 g/mol. The molecule has 1 aromatic carbocycles. The number of hydrogen-bond acceptors (Lipinski definition) is 4. The molecule has 0 saturated heterocycles. The first-order chi connectivity index (χ1) is 10.1. The zero-order chi connectivity index (χ0) is 15.2. The second-order valence-corrected chi connectivity index (χ2v) is 4.85. The van der Waals surface area contributed by atoms with Crippen LogP contribution in [-0.4, -0.2) is 23.1 Å². The van der Waals surface area contributed by atoms with E-state index in [0.29, 0.717) is 6.54 Å². The molecule has 0 aliphatic rings. The van der Waals surface area contributed by atoms with E-state index in [1.54, 1.807) is 12.1 Å². The standard InChI is InChI=1S/C16H21FN4/c1-4-21(5-2)16-19-12(3)10-15(20-16)18-11-13-6-8-14(17)9-7-13/h6-10H,4-5,11H2,1-3H3,(H,18,19,20). The van der Waals surface area contributed by atoms with Crippen molar-refractivity contribution in [2.24, 2.45) is 0 Å². The van der Waals surface area contributed by atoms with Crippen LogP contribution < -0.4 is 10.2 Å². The van der Waals surface area contributed by atoms with Crippen LogP contribution in [0.25, 0.3) is 0 Å². The summed E-state index contributed by atoms with van der Waals surface area (Å²) in [5.74, 6) is 1.30. The fourth-order valence-electron chi connectivity index (χ4n) is 2.09. The summed E-state index contributed by atoms with van der Waals surface area (Å²) in [5.41, 5.74) is 1.94. The molecule has 0 aliphatic carbocycles. The van der Waals surface area contributed by atoms with E-state index in [-0.39, 0.29) is 5.82 Å². The van der Waals surface area contributed by atoms with Crippen molar-refractivity contribution >= 4 is 11.8 Å². The van der Waals surface area contributed by atoms with Crippen molar-refractivity contribution in [3.63, 3.8) is 0 Å². The Bertz CT molecular complexity index is 579. The topological polar surface area (TPSA) is 41.1 Å². The van der Waals surface area contributed by atoms with Crippen LogP contribution in [0, 0.1) is 12.7 Å². The van der Waals surface area contributed by atoms with Crippen LogP contribution in [0.4, 0.5) is 16.2 Å². The lowest BCUT2D eigenvalue weighted by molar-refractivity contribution is 0.627. The van der Waals surface area contributed by atoms with Crippen molar-refractivity contribution in [1.82, 2.24) is 9.97 Å². The van der Waals surface area contributed by atoms with E-state index in [2.05, 4.69) is 34.0 Å². The van der Waals surface area contributed by atoms with Crippen LogP contribution in [0.1, 0.15) is 25.1 Å². The van der Waals surface area contributed by atoms with Gasteiger partial charge in [0.2, 0.25) is 5.95 Å².